The molecule has 0 bridgehead atoms. The summed E-state index contributed by atoms with van der Waals surface area (Å²) in [5.74, 6) is -0.833. The van der Waals surface area contributed by atoms with E-state index in [9.17, 15) is 13.2 Å². The van der Waals surface area contributed by atoms with Crippen LogP contribution in [-0.2, 0) is 18.3 Å². The first-order chi connectivity index (χ1) is 7.86. The molecule has 0 saturated heterocycles. The second-order valence-corrected chi connectivity index (χ2v) is 8.02. The van der Waals surface area contributed by atoms with Gasteiger partial charge in [-0.05, 0) is 32.1 Å². The smallest absolute Gasteiger partial charge is 0.355 e. The van der Waals surface area contributed by atoms with Crippen LogP contribution in [0.4, 0.5) is 0 Å². The second kappa shape index (κ2) is 6.21. The molecule has 0 unspecified atom stereocenters. The number of carboxylic acid groups (broad SMARTS) is 1. The Kier molecular flexibility index (Phi) is 6.10. The lowest BCUT2D eigenvalue weighted by molar-refractivity contribution is -0.147. The standard InChI is InChI=1S/C11H21ClO5S/c1-10(2,8-17-18(12,15)16)6-5-7-11(3,4)9(13)14/h5-8H2,1-4H3,(H,13,14). The van der Waals surface area contributed by atoms with Crippen molar-refractivity contribution >= 4 is 26.0 Å². The summed E-state index contributed by atoms with van der Waals surface area (Å²) in [6.07, 6.45) is 1.87. The molecular weight excluding hydrogens is 280 g/mol. The van der Waals surface area contributed by atoms with Crippen molar-refractivity contribution in [3.8, 4) is 0 Å². The predicted molar refractivity (Wildman–Crippen MR) is 69.8 cm³/mol. The van der Waals surface area contributed by atoms with Crippen molar-refractivity contribution < 1.29 is 22.5 Å². The summed E-state index contributed by atoms with van der Waals surface area (Å²) in [4.78, 5) is 10.9. The number of carboxylic acids is 1. The Morgan fingerprint density at radius 3 is 2.11 bits per heavy atom. The van der Waals surface area contributed by atoms with E-state index in [1.54, 1.807) is 13.8 Å². The average molecular weight is 301 g/mol. The number of hydrogen-bond acceptors (Lipinski definition) is 4. The molecule has 0 amide bonds. The van der Waals surface area contributed by atoms with Crippen LogP contribution in [-0.4, -0.2) is 26.1 Å². The lowest BCUT2D eigenvalue weighted by atomic mass is 9.82. The molecule has 0 spiro atoms. The Morgan fingerprint density at radius 1 is 1.22 bits per heavy atom. The lowest BCUT2D eigenvalue weighted by Crippen LogP contribution is -2.25. The molecule has 18 heavy (non-hydrogen) atoms. The van der Waals surface area contributed by atoms with Gasteiger partial charge in [0.25, 0.3) is 0 Å². The number of carbonyl (C=O) groups is 1. The number of rotatable bonds is 8. The van der Waals surface area contributed by atoms with Gasteiger partial charge in [-0.2, -0.15) is 8.42 Å². The Morgan fingerprint density at radius 2 is 1.72 bits per heavy atom. The highest BCUT2D eigenvalue weighted by Gasteiger charge is 2.28. The molecule has 0 heterocycles. The molecule has 0 fully saturated rings. The molecule has 0 aromatic heterocycles. The number of hydrogen-bond donors (Lipinski definition) is 1. The van der Waals surface area contributed by atoms with Gasteiger partial charge in [0.05, 0.1) is 12.0 Å². The third-order valence-electron chi connectivity index (χ3n) is 2.82. The molecule has 5 nitrogen and oxygen atoms in total. The number of aliphatic carboxylic acids is 1. The molecule has 0 rings (SSSR count). The fraction of sp³-hybridized carbons (Fsp3) is 0.909. The zero-order valence-corrected chi connectivity index (χ0v) is 12.8. The van der Waals surface area contributed by atoms with Crippen molar-refractivity contribution in [3.05, 3.63) is 0 Å². The molecule has 0 radical (unpaired) electrons. The van der Waals surface area contributed by atoms with E-state index in [0.29, 0.717) is 19.3 Å². The Hall–Kier alpha value is -0.330. The zero-order valence-electron chi connectivity index (χ0n) is 11.2. The van der Waals surface area contributed by atoms with Crippen LogP contribution in [0.1, 0.15) is 47.0 Å². The zero-order chi connectivity index (χ0) is 14.6. The normalized spacial score (nSPS) is 13.6. The molecule has 0 aromatic rings. The number of halogens is 1. The second-order valence-electron chi connectivity index (χ2n) is 5.86. The van der Waals surface area contributed by atoms with Gasteiger partial charge in [0.1, 0.15) is 0 Å². The largest absolute Gasteiger partial charge is 0.481 e. The monoisotopic (exact) mass is 300 g/mol. The predicted octanol–water partition coefficient (Wildman–Crippen LogP) is 2.79. The van der Waals surface area contributed by atoms with Gasteiger partial charge in [0, 0.05) is 10.7 Å². The van der Waals surface area contributed by atoms with E-state index in [4.69, 9.17) is 15.8 Å². The van der Waals surface area contributed by atoms with Crippen molar-refractivity contribution in [1.29, 1.82) is 0 Å². The van der Waals surface area contributed by atoms with Crippen LogP contribution >= 0.6 is 10.7 Å². The molecule has 0 aliphatic carbocycles. The van der Waals surface area contributed by atoms with E-state index in [1.165, 1.54) is 0 Å². The van der Waals surface area contributed by atoms with E-state index in [2.05, 4.69) is 4.18 Å². The van der Waals surface area contributed by atoms with Crippen LogP contribution in [0.5, 0.6) is 0 Å². The maximum absolute atomic E-state index is 10.9. The fourth-order valence-electron chi connectivity index (χ4n) is 1.42. The van der Waals surface area contributed by atoms with Crippen LogP contribution in [0.2, 0.25) is 0 Å². The minimum atomic E-state index is -3.95. The summed E-state index contributed by atoms with van der Waals surface area (Å²) in [6.45, 7) is 7.03. The first kappa shape index (κ1) is 17.7. The van der Waals surface area contributed by atoms with Crippen molar-refractivity contribution in [1.82, 2.24) is 0 Å². The van der Waals surface area contributed by atoms with Crippen LogP contribution in [0.25, 0.3) is 0 Å². The van der Waals surface area contributed by atoms with Crippen molar-refractivity contribution in [2.75, 3.05) is 6.61 Å². The first-order valence-electron chi connectivity index (χ1n) is 5.68. The Labute approximate surface area is 113 Å². The third kappa shape index (κ3) is 7.89. The van der Waals surface area contributed by atoms with Crippen LogP contribution in [0, 0.1) is 10.8 Å². The summed E-state index contributed by atoms with van der Waals surface area (Å²) in [6, 6.07) is 0. The minimum absolute atomic E-state index is 0.00761. The van der Waals surface area contributed by atoms with Gasteiger partial charge in [-0.25, -0.2) is 0 Å². The van der Waals surface area contributed by atoms with E-state index in [1.807, 2.05) is 13.8 Å². The van der Waals surface area contributed by atoms with Crippen molar-refractivity contribution in [3.63, 3.8) is 0 Å². The molecule has 108 valence electrons. The van der Waals surface area contributed by atoms with Crippen LogP contribution in [0.15, 0.2) is 0 Å². The lowest BCUT2D eigenvalue weighted by Gasteiger charge is -2.25. The molecule has 7 heteroatoms. The Bertz CT molecular complexity index is 386. The van der Waals surface area contributed by atoms with E-state index < -0.39 is 20.7 Å². The summed E-state index contributed by atoms with van der Waals surface area (Å²) < 4.78 is 25.9. The van der Waals surface area contributed by atoms with Gasteiger partial charge in [0.15, 0.2) is 0 Å². The maximum Gasteiger partial charge on any atom is 0.355 e. The van der Waals surface area contributed by atoms with Crippen LogP contribution in [0.3, 0.4) is 0 Å². The first-order valence-corrected chi connectivity index (χ1v) is 7.92. The summed E-state index contributed by atoms with van der Waals surface area (Å²) in [5.41, 5.74) is -1.13. The minimum Gasteiger partial charge on any atom is -0.481 e. The molecule has 0 aliphatic heterocycles. The summed E-state index contributed by atoms with van der Waals surface area (Å²) >= 11 is 0. The quantitative estimate of drug-likeness (QED) is 0.697. The molecular formula is C11H21ClO5S. The van der Waals surface area contributed by atoms with Gasteiger partial charge < -0.3 is 5.11 Å². The highest BCUT2D eigenvalue weighted by molar-refractivity contribution is 8.09. The highest BCUT2D eigenvalue weighted by atomic mass is 35.7. The van der Waals surface area contributed by atoms with E-state index in [0.717, 1.165) is 0 Å². The van der Waals surface area contributed by atoms with Gasteiger partial charge in [-0.15, -0.1) is 0 Å². The molecule has 0 atom stereocenters. The molecule has 0 aliphatic rings. The third-order valence-corrected chi connectivity index (χ3v) is 3.49. The van der Waals surface area contributed by atoms with Gasteiger partial charge in [-0.3, -0.25) is 8.98 Å². The van der Waals surface area contributed by atoms with E-state index in [-0.39, 0.29) is 12.0 Å². The molecule has 0 aromatic carbocycles. The maximum atomic E-state index is 10.9. The average Bonchev–Trinajstić information content (AvgIpc) is 2.13. The topological polar surface area (TPSA) is 80.7 Å². The molecule has 1 N–H and O–H groups in total. The van der Waals surface area contributed by atoms with Crippen LogP contribution < -0.4 is 0 Å². The summed E-state index contributed by atoms with van der Waals surface area (Å²) in [5, 5.41) is 8.96. The van der Waals surface area contributed by atoms with Crippen molar-refractivity contribution in [2.45, 2.75) is 47.0 Å². The van der Waals surface area contributed by atoms with Gasteiger partial charge in [-0.1, -0.05) is 20.3 Å². The van der Waals surface area contributed by atoms with Crippen molar-refractivity contribution in [2.24, 2.45) is 10.8 Å². The SMILES string of the molecule is CC(C)(CCCC(C)(C)C(=O)O)COS(=O)(=O)Cl. The molecule has 0 saturated carbocycles. The Balaban J connectivity index is 4.16. The summed E-state index contributed by atoms with van der Waals surface area (Å²) in [7, 11) is 1.01. The van der Waals surface area contributed by atoms with E-state index >= 15 is 0 Å². The van der Waals surface area contributed by atoms with Gasteiger partial charge >= 0.3 is 15.3 Å². The van der Waals surface area contributed by atoms with Gasteiger partial charge in [0.2, 0.25) is 0 Å². The highest BCUT2D eigenvalue weighted by Crippen LogP contribution is 2.30. The fourth-order valence-corrected chi connectivity index (χ4v) is 2.01.